The van der Waals surface area contributed by atoms with Gasteiger partial charge in [0.15, 0.2) is 5.78 Å². The Bertz CT molecular complexity index is 1160. The number of carbonyl (C=O) groups is 2. The SMILES string of the molecule is CC(=O)c1ccc(S(=O)(=O)N(C)CCCC(=O)N[C@@H](Cc2ncc[nH]2)c2ccccc2)cc1. The van der Waals surface area contributed by atoms with Crippen molar-refractivity contribution in [3.63, 3.8) is 0 Å². The van der Waals surface area contributed by atoms with Gasteiger partial charge in [0, 0.05) is 44.4 Å². The van der Waals surface area contributed by atoms with E-state index in [-0.39, 0.29) is 35.6 Å². The van der Waals surface area contributed by atoms with Crippen molar-refractivity contribution < 1.29 is 18.0 Å². The highest BCUT2D eigenvalue weighted by molar-refractivity contribution is 7.89. The van der Waals surface area contributed by atoms with E-state index in [2.05, 4.69) is 15.3 Å². The van der Waals surface area contributed by atoms with Crippen LogP contribution in [0.1, 0.15) is 47.6 Å². The third-order valence-corrected chi connectivity index (χ3v) is 7.21. The van der Waals surface area contributed by atoms with Gasteiger partial charge in [-0.2, -0.15) is 0 Å². The van der Waals surface area contributed by atoms with Gasteiger partial charge < -0.3 is 10.3 Å². The molecule has 0 saturated heterocycles. The van der Waals surface area contributed by atoms with Crippen molar-refractivity contribution in [2.75, 3.05) is 13.6 Å². The molecule has 174 valence electrons. The molecule has 1 amide bonds. The Balaban J connectivity index is 1.56. The van der Waals surface area contributed by atoms with Crippen molar-refractivity contribution in [2.45, 2.75) is 37.1 Å². The molecule has 9 heteroatoms. The monoisotopic (exact) mass is 468 g/mol. The summed E-state index contributed by atoms with van der Waals surface area (Å²) in [6.45, 7) is 1.62. The summed E-state index contributed by atoms with van der Waals surface area (Å²) in [5.41, 5.74) is 1.42. The van der Waals surface area contributed by atoms with Crippen LogP contribution in [0, 0.1) is 0 Å². The second-order valence-electron chi connectivity index (χ2n) is 7.78. The van der Waals surface area contributed by atoms with Crippen LogP contribution in [0.3, 0.4) is 0 Å². The van der Waals surface area contributed by atoms with E-state index in [1.54, 1.807) is 12.4 Å². The number of imidazole rings is 1. The van der Waals surface area contributed by atoms with Crippen molar-refractivity contribution in [2.24, 2.45) is 0 Å². The van der Waals surface area contributed by atoms with Crippen LogP contribution in [-0.4, -0.2) is 48.0 Å². The Morgan fingerprint density at radius 3 is 2.39 bits per heavy atom. The summed E-state index contributed by atoms with van der Waals surface area (Å²) in [5, 5.41) is 3.03. The number of ketones is 1. The summed E-state index contributed by atoms with van der Waals surface area (Å²) < 4.78 is 26.7. The van der Waals surface area contributed by atoms with Crippen LogP contribution in [0.25, 0.3) is 0 Å². The smallest absolute Gasteiger partial charge is 0.242 e. The maximum absolute atomic E-state index is 12.8. The molecule has 0 aliphatic heterocycles. The molecular formula is C24H28N4O4S. The van der Waals surface area contributed by atoms with Crippen molar-refractivity contribution in [1.29, 1.82) is 0 Å². The maximum Gasteiger partial charge on any atom is 0.242 e. The molecule has 0 aliphatic carbocycles. The van der Waals surface area contributed by atoms with Gasteiger partial charge in [-0.1, -0.05) is 42.5 Å². The molecular weight excluding hydrogens is 440 g/mol. The molecule has 0 radical (unpaired) electrons. The number of carbonyl (C=O) groups excluding carboxylic acids is 2. The van der Waals surface area contributed by atoms with Gasteiger partial charge in [0.2, 0.25) is 15.9 Å². The van der Waals surface area contributed by atoms with Gasteiger partial charge >= 0.3 is 0 Å². The van der Waals surface area contributed by atoms with E-state index in [0.717, 1.165) is 11.4 Å². The van der Waals surface area contributed by atoms with Gasteiger partial charge in [0.1, 0.15) is 5.82 Å². The number of rotatable bonds is 11. The molecule has 33 heavy (non-hydrogen) atoms. The summed E-state index contributed by atoms with van der Waals surface area (Å²) in [6, 6.07) is 15.3. The molecule has 2 N–H and O–H groups in total. The lowest BCUT2D eigenvalue weighted by atomic mass is 10.0. The lowest BCUT2D eigenvalue weighted by Crippen LogP contribution is -2.32. The number of nitrogens with zero attached hydrogens (tertiary/aromatic N) is 2. The van der Waals surface area contributed by atoms with Crippen LogP contribution in [0.4, 0.5) is 0 Å². The van der Waals surface area contributed by atoms with Gasteiger partial charge in [0.25, 0.3) is 0 Å². The van der Waals surface area contributed by atoms with Crippen molar-refractivity contribution in [3.05, 3.63) is 83.9 Å². The van der Waals surface area contributed by atoms with E-state index in [0.29, 0.717) is 18.4 Å². The van der Waals surface area contributed by atoms with Crippen LogP contribution < -0.4 is 5.32 Å². The van der Waals surface area contributed by atoms with Crippen LogP contribution in [0.5, 0.6) is 0 Å². The van der Waals surface area contributed by atoms with Crippen molar-refractivity contribution >= 4 is 21.7 Å². The fourth-order valence-electron chi connectivity index (χ4n) is 3.43. The number of Topliss-reactive ketones (excluding diaryl/α,β-unsaturated/α-hetero) is 1. The summed E-state index contributed by atoms with van der Waals surface area (Å²) in [7, 11) is -2.22. The largest absolute Gasteiger partial charge is 0.349 e. The first-order valence-corrected chi connectivity index (χ1v) is 12.1. The molecule has 3 rings (SSSR count). The fraction of sp³-hybridized carbons (Fsp3) is 0.292. The highest BCUT2D eigenvalue weighted by Gasteiger charge is 2.21. The van der Waals surface area contributed by atoms with Gasteiger partial charge in [-0.25, -0.2) is 17.7 Å². The Morgan fingerprint density at radius 1 is 1.09 bits per heavy atom. The average molecular weight is 469 g/mol. The third kappa shape index (κ3) is 6.59. The lowest BCUT2D eigenvalue weighted by molar-refractivity contribution is -0.122. The van der Waals surface area contributed by atoms with Crippen LogP contribution in [0.15, 0.2) is 71.9 Å². The Hall–Kier alpha value is -3.30. The molecule has 0 unspecified atom stereocenters. The van der Waals surface area contributed by atoms with E-state index >= 15 is 0 Å². The number of aromatic nitrogens is 2. The van der Waals surface area contributed by atoms with Gasteiger partial charge in [-0.05, 0) is 31.0 Å². The first kappa shape index (κ1) is 24.3. The molecule has 8 nitrogen and oxygen atoms in total. The summed E-state index contributed by atoms with van der Waals surface area (Å²) in [6.07, 6.45) is 4.49. The number of aromatic amines is 1. The molecule has 0 fully saturated rings. The molecule has 0 bridgehead atoms. The molecule has 3 aromatic rings. The normalized spacial score (nSPS) is 12.5. The zero-order valence-electron chi connectivity index (χ0n) is 18.7. The molecule has 1 atom stereocenters. The highest BCUT2D eigenvalue weighted by Crippen LogP contribution is 2.18. The lowest BCUT2D eigenvalue weighted by Gasteiger charge is -2.20. The number of sulfonamides is 1. The minimum Gasteiger partial charge on any atom is -0.349 e. The first-order valence-electron chi connectivity index (χ1n) is 10.7. The van der Waals surface area contributed by atoms with Crippen LogP contribution in [-0.2, 0) is 21.2 Å². The maximum atomic E-state index is 12.8. The molecule has 1 heterocycles. The van der Waals surface area contributed by atoms with Gasteiger partial charge in [-0.3, -0.25) is 9.59 Å². The number of hydrogen-bond donors (Lipinski definition) is 2. The zero-order chi connectivity index (χ0) is 23.8. The molecule has 2 aromatic carbocycles. The Labute approximate surface area is 194 Å². The second kappa shape index (κ2) is 11.0. The minimum absolute atomic E-state index is 0.113. The molecule has 1 aromatic heterocycles. The average Bonchev–Trinajstić information content (AvgIpc) is 3.32. The van der Waals surface area contributed by atoms with E-state index < -0.39 is 10.0 Å². The number of nitrogens with one attached hydrogen (secondary N) is 2. The molecule has 0 spiro atoms. The number of amides is 1. The fourth-order valence-corrected chi connectivity index (χ4v) is 4.64. The summed E-state index contributed by atoms with van der Waals surface area (Å²) in [4.78, 5) is 31.4. The highest BCUT2D eigenvalue weighted by atomic mass is 32.2. The molecule has 0 aliphatic rings. The van der Waals surface area contributed by atoms with E-state index in [1.807, 2.05) is 30.3 Å². The predicted molar refractivity (Wildman–Crippen MR) is 125 cm³/mol. The van der Waals surface area contributed by atoms with Crippen molar-refractivity contribution in [1.82, 2.24) is 19.6 Å². The van der Waals surface area contributed by atoms with Crippen LogP contribution >= 0.6 is 0 Å². The predicted octanol–water partition coefficient (Wildman–Crippen LogP) is 3.11. The quantitative estimate of drug-likeness (QED) is 0.420. The van der Waals surface area contributed by atoms with Gasteiger partial charge in [0.05, 0.1) is 10.9 Å². The van der Waals surface area contributed by atoms with Crippen molar-refractivity contribution in [3.8, 4) is 0 Å². The summed E-state index contributed by atoms with van der Waals surface area (Å²) >= 11 is 0. The van der Waals surface area contributed by atoms with Gasteiger partial charge in [-0.15, -0.1) is 0 Å². The number of hydrogen-bond acceptors (Lipinski definition) is 5. The molecule has 0 saturated carbocycles. The standard InChI is InChI=1S/C24H28N4O4S/c1-18(29)19-10-12-21(13-11-19)33(31,32)28(2)16-6-9-24(30)27-22(17-23-25-14-15-26-23)20-7-4-3-5-8-20/h3-5,7-8,10-15,22H,6,9,16-17H2,1-2H3,(H,25,26)(H,27,30)/t22-/m0/s1. The minimum atomic E-state index is -3.70. The Morgan fingerprint density at radius 2 is 1.79 bits per heavy atom. The summed E-state index contributed by atoms with van der Waals surface area (Å²) in [5.74, 6) is 0.483. The topological polar surface area (TPSA) is 112 Å². The van der Waals surface area contributed by atoms with E-state index in [4.69, 9.17) is 0 Å². The van der Waals surface area contributed by atoms with E-state index in [1.165, 1.54) is 42.5 Å². The zero-order valence-corrected chi connectivity index (χ0v) is 19.5. The third-order valence-electron chi connectivity index (χ3n) is 5.34. The van der Waals surface area contributed by atoms with Crippen LogP contribution in [0.2, 0.25) is 0 Å². The second-order valence-corrected chi connectivity index (χ2v) is 9.83. The number of H-pyrrole nitrogens is 1. The first-order chi connectivity index (χ1) is 15.8. The Kier molecular flexibility index (Phi) is 8.13. The van der Waals surface area contributed by atoms with E-state index in [9.17, 15) is 18.0 Å². The number of benzene rings is 2.